The standard InChI is InChI=1S/C12H17N3O2/c1-15(7-9-2-4-13-14-9)11(16)10-6-12(10)3-5-17-8-12/h2,4,10H,3,5-8H2,1H3,(H,13,14). The van der Waals surface area contributed by atoms with Crippen LogP contribution in [0.1, 0.15) is 18.5 Å². The smallest absolute Gasteiger partial charge is 0.226 e. The van der Waals surface area contributed by atoms with Gasteiger partial charge in [-0.2, -0.15) is 5.10 Å². The first-order chi connectivity index (χ1) is 8.21. The highest BCUT2D eigenvalue weighted by Gasteiger charge is 2.60. The molecule has 0 bridgehead atoms. The number of aromatic amines is 1. The minimum Gasteiger partial charge on any atom is -0.381 e. The molecule has 1 aliphatic carbocycles. The topological polar surface area (TPSA) is 58.2 Å². The van der Waals surface area contributed by atoms with Crippen molar-refractivity contribution in [3.05, 3.63) is 18.0 Å². The average molecular weight is 235 g/mol. The molecule has 5 heteroatoms. The summed E-state index contributed by atoms with van der Waals surface area (Å²) in [6.45, 7) is 2.18. The molecule has 1 aromatic rings. The van der Waals surface area contributed by atoms with Crippen LogP contribution in [0.2, 0.25) is 0 Å². The number of carbonyl (C=O) groups is 1. The number of ether oxygens (including phenoxy) is 1. The Morgan fingerprint density at radius 1 is 1.76 bits per heavy atom. The van der Waals surface area contributed by atoms with Crippen molar-refractivity contribution < 1.29 is 9.53 Å². The largest absolute Gasteiger partial charge is 0.381 e. The molecule has 1 saturated carbocycles. The van der Waals surface area contributed by atoms with Gasteiger partial charge in [-0.15, -0.1) is 0 Å². The minimum atomic E-state index is 0.179. The lowest BCUT2D eigenvalue weighted by Gasteiger charge is -2.17. The van der Waals surface area contributed by atoms with Crippen molar-refractivity contribution in [2.45, 2.75) is 19.4 Å². The van der Waals surface area contributed by atoms with Crippen molar-refractivity contribution in [1.82, 2.24) is 15.1 Å². The molecule has 2 fully saturated rings. The summed E-state index contributed by atoms with van der Waals surface area (Å²) in [5.41, 5.74) is 1.15. The van der Waals surface area contributed by atoms with Crippen LogP contribution < -0.4 is 0 Å². The average Bonchev–Trinajstić information content (AvgIpc) is 2.73. The third kappa shape index (κ3) is 1.84. The lowest BCUT2D eigenvalue weighted by atomic mass is 10.0. The first-order valence-corrected chi connectivity index (χ1v) is 6.02. The van der Waals surface area contributed by atoms with E-state index in [4.69, 9.17) is 4.74 Å². The normalized spacial score (nSPS) is 30.8. The molecule has 1 amide bonds. The predicted molar refractivity (Wildman–Crippen MR) is 61.0 cm³/mol. The number of aromatic nitrogens is 2. The van der Waals surface area contributed by atoms with Crippen LogP contribution in [0, 0.1) is 11.3 Å². The van der Waals surface area contributed by atoms with E-state index < -0.39 is 0 Å². The molecule has 0 radical (unpaired) electrons. The summed E-state index contributed by atoms with van der Waals surface area (Å²) in [4.78, 5) is 14.0. The molecule has 1 saturated heterocycles. The zero-order valence-electron chi connectivity index (χ0n) is 9.98. The summed E-state index contributed by atoms with van der Waals surface area (Å²) in [7, 11) is 1.85. The zero-order valence-corrected chi connectivity index (χ0v) is 9.98. The van der Waals surface area contributed by atoms with Gasteiger partial charge in [-0.3, -0.25) is 9.89 Å². The van der Waals surface area contributed by atoms with E-state index in [1.165, 1.54) is 0 Å². The number of H-pyrrole nitrogens is 1. The molecule has 1 aromatic heterocycles. The van der Waals surface area contributed by atoms with Crippen molar-refractivity contribution in [3.8, 4) is 0 Å². The Hall–Kier alpha value is -1.36. The first-order valence-electron chi connectivity index (χ1n) is 6.02. The van der Waals surface area contributed by atoms with E-state index in [1.54, 1.807) is 11.1 Å². The maximum absolute atomic E-state index is 12.2. The second-order valence-electron chi connectivity index (χ2n) is 5.20. The van der Waals surface area contributed by atoms with Crippen LogP contribution in [0.15, 0.2) is 12.3 Å². The Morgan fingerprint density at radius 2 is 2.65 bits per heavy atom. The minimum absolute atomic E-state index is 0.179. The highest BCUT2D eigenvalue weighted by Crippen LogP contribution is 2.58. The van der Waals surface area contributed by atoms with Gasteiger partial charge in [0.15, 0.2) is 0 Å². The predicted octanol–water partition coefficient (Wildman–Crippen LogP) is 0.795. The molecule has 3 rings (SSSR count). The van der Waals surface area contributed by atoms with Gasteiger partial charge in [0.05, 0.1) is 18.8 Å². The molecule has 5 nitrogen and oxygen atoms in total. The molecule has 2 unspecified atom stereocenters. The maximum Gasteiger partial charge on any atom is 0.226 e. The number of rotatable bonds is 3. The van der Waals surface area contributed by atoms with Gasteiger partial charge in [0.25, 0.3) is 0 Å². The fraction of sp³-hybridized carbons (Fsp3) is 0.667. The van der Waals surface area contributed by atoms with Gasteiger partial charge in [0.2, 0.25) is 5.91 Å². The molecule has 2 atom stereocenters. The molecule has 2 aliphatic rings. The van der Waals surface area contributed by atoms with Crippen molar-refractivity contribution in [3.63, 3.8) is 0 Å². The fourth-order valence-corrected chi connectivity index (χ4v) is 2.73. The molecule has 2 heterocycles. The second-order valence-corrected chi connectivity index (χ2v) is 5.20. The van der Waals surface area contributed by atoms with E-state index >= 15 is 0 Å². The van der Waals surface area contributed by atoms with Gasteiger partial charge < -0.3 is 9.64 Å². The zero-order chi connectivity index (χ0) is 11.9. The van der Waals surface area contributed by atoms with Crippen molar-refractivity contribution in [2.24, 2.45) is 11.3 Å². The van der Waals surface area contributed by atoms with Gasteiger partial charge in [-0.1, -0.05) is 0 Å². The highest BCUT2D eigenvalue weighted by molar-refractivity contribution is 5.82. The SMILES string of the molecule is CN(Cc1ccn[nH]1)C(=O)C1CC12CCOC2. The summed E-state index contributed by atoms with van der Waals surface area (Å²) in [6.07, 6.45) is 3.75. The van der Waals surface area contributed by atoms with Gasteiger partial charge in [-0.05, 0) is 18.9 Å². The lowest BCUT2D eigenvalue weighted by Crippen LogP contribution is -2.30. The van der Waals surface area contributed by atoms with E-state index in [9.17, 15) is 4.79 Å². The van der Waals surface area contributed by atoms with E-state index in [0.717, 1.165) is 31.7 Å². The number of carbonyl (C=O) groups excluding carboxylic acids is 1. The first kappa shape index (κ1) is 10.8. The van der Waals surface area contributed by atoms with E-state index in [0.29, 0.717) is 6.54 Å². The van der Waals surface area contributed by atoms with Crippen LogP contribution in [-0.2, 0) is 16.1 Å². The molecule has 1 N–H and O–H groups in total. The van der Waals surface area contributed by atoms with Crippen LogP contribution in [0.25, 0.3) is 0 Å². The van der Waals surface area contributed by atoms with E-state index in [-0.39, 0.29) is 17.2 Å². The molecule has 1 spiro atoms. The summed E-state index contributed by atoms with van der Waals surface area (Å²) >= 11 is 0. The van der Waals surface area contributed by atoms with E-state index in [2.05, 4.69) is 10.2 Å². The van der Waals surface area contributed by atoms with Gasteiger partial charge >= 0.3 is 0 Å². The second kappa shape index (κ2) is 3.84. The van der Waals surface area contributed by atoms with Gasteiger partial charge in [-0.25, -0.2) is 0 Å². The van der Waals surface area contributed by atoms with Crippen LogP contribution in [0.5, 0.6) is 0 Å². The van der Waals surface area contributed by atoms with Crippen molar-refractivity contribution >= 4 is 5.91 Å². The quantitative estimate of drug-likeness (QED) is 0.843. The fourth-order valence-electron chi connectivity index (χ4n) is 2.73. The number of amides is 1. The van der Waals surface area contributed by atoms with Crippen LogP contribution in [0.4, 0.5) is 0 Å². The number of hydrogen-bond acceptors (Lipinski definition) is 3. The molecule has 17 heavy (non-hydrogen) atoms. The Labute approximate surface area is 100 Å². The Kier molecular flexibility index (Phi) is 2.43. The number of nitrogens with one attached hydrogen (secondary N) is 1. The third-order valence-electron chi connectivity index (χ3n) is 3.96. The molecule has 92 valence electrons. The van der Waals surface area contributed by atoms with Gasteiger partial charge in [0, 0.05) is 31.2 Å². The highest BCUT2D eigenvalue weighted by atomic mass is 16.5. The molecular formula is C12H17N3O2. The Bertz CT molecular complexity index is 409. The summed E-state index contributed by atoms with van der Waals surface area (Å²) < 4.78 is 5.40. The van der Waals surface area contributed by atoms with Crippen LogP contribution >= 0.6 is 0 Å². The van der Waals surface area contributed by atoms with Gasteiger partial charge in [0.1, 0.15) is 0 Å². The third-order valence-corrected chi connectivity index (χ3v) is 3.96. The van der Waals surface area contributed by atoms with Crippen LogP contribution in [0.3, 0.4) is 0 Å². The van der Waals surface area contributed by atoms with Crippen molar-refractivity contribution in [1.29, 1.82) is 0 Å². The summed E-state index contributed by atoms with van der Waals surface area (Å²) in [6, 6.07) is 1.89. The van der Waals surface area contributed by atoms with Crippen LogP contribution in [-0.4, -0.2) is 41.3 Å². The summed E-state index contributed by atoms with van der Waals surface area (Å²) in [5, 5.41) is 6.76. The summed E-state index contributed by atoms with van der Waals surface area (Å²) in [5.74, 6) is 0.419. The Morgan fingerprint density at radius 3 is 3.29 bits per heavy atom. The lowest BCUT2D eigenvalue weighted by molar-refractivity contribution is -0.132. The van der Waals surface area contributed by atoms with E-state index in [1.807, 2.05) is 13.1 Å². The monoisotopic (exact) mass is 235 g/mol. The Balaban J connectivity index is 1.60. The van der Waals surface area contributed by atoms with Crippen molar-refractivity contribution in [2.75, 3.05) is 20.3 Å². The molecule has 1 aliphatic heterocycles. The number of hydrogen-bond donors (Lipinski definition) is 1. The number of nitrogens with zero attached hydrogens (tertiary/aromatic N) is 2. The maximum atomic E-state index is 12.2. The molecular weight excluding hydrogens is 218 g/mol. The molecule has 0 aromatic carbocycles.